The Kier molecular flexibility index (Phi) is 2.71. The number of aryl methyl sites for hydroxylation is 1. The summed E-state index contributed by atoms with van der Waals surface area (Å²) in [5.41, 5.74) is 3.97. The third-order valence-corrected chi connectivity index (χ3v) is 3.60. The van der Waals surface area contributed by atoms with Crippen LogP contribution in [0.3, 0.4) is 0 Å². The molecule has 94 valence electrons. The zero-order chi connectivity index (χ0) is 13.4. The van der Waals surface area contributed by atoms with E-state index in [9.17, 15) is 4.79 Å². The van der Waals surface area contributed by atoms with Crippen molar-refractivity contribution in [2.24, 2.45) is 7.05 Å². The number of para-hydroxylation sites is 1. The van der Waals surface area contributed by atoms with Crippen LogP contribution < -0.4 is 5.56 Å². The smallest absolute Gasteiger partial charge is 0.254 e. The van der Waals surface area contributed by atoms with E-state index in [-0.39, 0.29) is 5.56 Å². The second-order valence-electron chi connectivity index (χ2n) is 4.75. The van der Waals surface area contributed by atoms with Gasteiger partial charge >= 0.3 is 0 Å². The highest BCUT2D eigenvalue weighted by Crippen LogP contribution is 2.29. The number of aromatic nitrogens is 1. The molecule has 0 N–H and O–H groups in total. The molecule has 1 aromatic heterocycles. The molecule has 0 radical (unpaired) electrons. The number of pyridine rings is 1. The molecule has 0 aliphatic carbocycles. The van der Waals surface area contributed by atoms with Crippen LogP contribution in [0.15, 0.2) is 59.4 Å². The van der Waals surface area contributed by atoms with Crippen molar-refractivity contribution in [3.8, 4) is 11.1 Å². The van der Waals surface area contributed by atoms with Gasteiger partial charge in [0.25, 0.3) is 5.56 Å². The van der Waals surface area contributed by atoms with Gasteiger partial charge in [0.2, 0.25) is 0 Å². The third kappa shape index (κ3) is 1.76. The molecule has 0 fully saturated rings. The predicted octanol–water partition coefficient (Wildman–Crippen LogP) is 3.51. The lowest BCUT2D eigenvalue weighted by Crippen LogP contribution is -2.20. The second kappa shape index (κ2) is 4.39. The summed E-state index contributed by atoms with van der Waals surface area (Å²) in [4.78, 5) is 12.3. The van der Waals surface area contributed by atoms with Crippen molar-refractivity contribution < 1.29 is 0 Å². The van der Waals surface area contributed by atoms with Crippen LogP contribution >= 0.6 is 0 Å². The molecule has 0 spiro atoms. The van der Waals surface area contributed by atoms with Crippen LogP contribution in [0.4, 0.5) is 0 Å². The van der Waals surface area contributed by atoms with Crippen LogP contribution in [-0.4, -0.2) is 4.57 Å². The number of fused-ring (bicyclic) bond motifs is 1. The first-order valence-electron chi connectivity index (χ1n) is 6.34. The summed E-state index contributed by atoms with van der Waals surface area (Å²) in [6, 6.07) is 18.1. The first-order chi connectivity index (χ1) is 9.20. The Labute approximate surface area is 111 Å². The Balaban J connectivity index is 2.52. The van der Waals surface area contributed by atoms with Crippen LogP contribution in [0.2, 0.25) is 0 Å². The maximum Gasteiger partial charge on any atom is 0.254 e. The SMILES string of the molecule is Cc1c(-c2ccccc2)c2ccccc2n(C)c1=O. The Morgan fingerprint density at radius 1 is 0.895 bits per heavy atom. The molecule has 19 heavy (non-hydrogen) atoms. The first kappa shape index (κ1) is 11.7. The molecule has 2 nitrogen and oxygen atoms in total. The largest absolute Gasteiger partial charge is 0.311 e. The van der Waals surface area contributed by atoms with Crippen molar-refractivity contribution in [1.29, 1.82) is 0 Å². The van der Waals surface area contributed by atoms with Crippen molar-refractivity contribution in [1.82, 2.24) is 4.57 Å². The summed E-state index contributed by atoms with van der Waals surface area (Å²) in [5, 5.41) is 1.12. The molecule has 0 aliphatic rings. The van der Waals surface area contributed by atoms with Crippen molar-refractivity contribution in [2.45, 2.75) is 6.92 Å². The monoisotopic (exact) mass is 249 g/mol. The summed E-state index contributed by atoms with van der Waals surface area (Å²) in [6.45, 7) is 1.90. The molecule has 0 saturated heterocycles. The zero-order valence-electron chi connectivity index (χ0n) is 11.1. The van der Waals surface area contributed by atoms with Crippen molar-refractivity contribution >= 4 is 10.9 Å². The molecule has 2 aromatic carbocycles. The van der Waals surface area contributed by atoms with Crippen molar-refractivity contribution in [3.63, 3.8) is 0 Å². The van der Waals surface area contributed by atoms with Gasteiger partial charge < -0.3 is 4.57 Å². The topological polar surface area (TPSA) is 22.0 Å². The molecule has 0 unspecified atom stereocenters. The molecular formula is C17H15NO. The fraction of sp³-hybridized carbons (Fsp3) is 0.118. The Bertz CT molecular complexity index is 801. The molecule has 0 bridgehead atoms. The van der Waals surface area contributed by atoms with E-state index >= 15 is 0 Å². The molecule has 0 atom stereocenters. The number of benzene rings is 2. The van der Waals surface area contributed by atoms with Crippen LogP contribution in [0.25, 0.3) is 22.0 Å². The average molecular weight is 249 g/mol. The van der Waals surface area contributed by atoms with E-state index in [2.05, 4.69) is 6.07 Å². The van der Waals surface area contributed by atoms with Crippen LogP contribution in [0, 0.1) is 6.92 Å². The quantitative estimate of drug-likeness (QED) is 0.647. The van der Waals surface area contributed by atoms with Crippen LogP contribution in [-0.2, 0) is 7.05 Å². The third-order valence-electron chi connectivity index (χ3n) is 3.60. The van der Waals surface area contributed by atoms with Crippen molar-refractivity contribution in [2.75, 3.05) is 0 Å². The summed E-state index contributed by atoms with van der Waals surface area (Å²) in [6.07, 6.45) is 0. The van der Waals surface area contributed by atoms with E-state index in [4.69, 9.17) is 0 Å². The maximum atomic E-state index is 12.3. The first-order valence-corrected chi connectivity index (χ1v) is 6.34. The highest BCUT2D eigenvalue weighted by atomic mass is 16.1. The van der Waals surface area contributed by atoms with Crippen molar-refractivity contribution in [3.05, 3.63) is 70.5 Å². The molecule has 1 heterocycles. The number of hydrogen-bond acceptors (Lipinski definition) is 1. The standard InChI is InChI=1S/C17H15NO/c1-12-16(13-8-4-3-5-9-13)14-10-6-7-11-15(14)18(2)17(12)19/h3-11H,1-2H3. The minimum Gasteiger partial charge on any atom is -0.311 e. The van der Waals surface area contributed by atoms with Gasteiger partial charge in [-0.25, -0.2) is 0 Å². The number of nitrogens with zero attached hydrogens (tertiary/aromatic N) is 1. The van der Waals surface area contributed by atoms with Gasteiger partial charge in [0.15, 0.2) is 0 Å². The Hall–Kier alpha value is -2.35. The molecule has 3 aromatic rings. The average Bonchev–Trinajstić information content (AvgIpc) is 2.46. The van der Waals surface area contributed by atoms with Gasteiger partial charge in [0.05, 0.1) is 5.52 Å². The molecular weight excluding hydrogens is 234 g/mol. The van der Waals surface area contributed by atoms with Crippen LogP contribution in [0.1, 0.15) is 5.56 Å². The van der Waals surface area contributed by atoms with E-state index in [0.717, 1.165) is 27.6 Å². The van der Waals surface area contributed by atoms with E-state index in [1.807, 2.05) is 62.5 Å². The van der Waals surface area contributed by atoms with E-state index in [1.165, 1.54) is 0 Å². The minimum absolute atomic E-state index is 0.0672. The van der Waals surface area contributed by atoms with E-state index in [1.54, 1.807) is 4.57 Å². The summed E-state index contributed by atoms with van der Waals surface area (Å²) in [5.74, 6) is 0. The zero-order valence-corrected chi connectivity index (χ0v) is 11.1. The molecule has 0 amide bonds. The molecule has 0 aliphatic heterocycles. The maximum absolute atomic E-state index is 12.3. The van der Waals surface area contributed by atoms with Gasteiger partial charge in [-0.15, -0.1) is 0 Å². The van der Waals surface area contributed by atoms with Crippen LogP contribution in [0.5, 0.6) is 0 Å². The van der Waals surface area contributed by atoms with Gasteiger partial charge in [-0.2, -0.15) is 0 Å². The highest BCUT2D eigenvalue weighted by molar-refractivity contribution is 5.96. The minimum atomic E-state index is 0.0672. The highest BCUT2D eigenvalue weighted by Gasteiger charge is 2.12. The van der Waals surface area contributed by atoms with E-state index in [0.29, 0.717) is 0 Å². The lowest BCUT2D eigenvalue weighted by Gasteiger charge is -2.13. The molecule has 0 saturated carbocycles. The van der Waals surface area contributed by atoms with Gasteiger partial charge in [-0.1, -0.05) is 48.5 Å². The second-order valence-corrected chi connectivity index (χ2v) is 4.75. The summed E-state index contributed by atoms with van der Waals surface area (Å²) >= 11 is 0. The Morgan fingerprint density at radius 3 is 2.26 bits per heavy atom. The van der Waals surface area contributed by atoms with Gasteiger partial charge in [0, 0.05) is 18.0 Å². The normalized spacial score (nSPS) is 10.8. The predicted molar refractivity (Wildman–Crippen MR) is 79.4 cm³/mol. The van der Waals surface area contributed by atoms with Gasteiger partial charge in [0.1, 0.15) is 0 Å². The fourth-order valence-electron chi connectivity index (χ4n) is 2.62. The molecule has 3 rings (SSSR count). The Morgan fingerprint density at radius 2 is 1.53 bits per heavy atom. The summed E-state index contributed by atoms with van der Waals surface area (Å²) < 4.78 is 1.72. The molecule has 2 heteroatoms. The summed E-state index contributed by atoms with van der Waals surface area (Å²) in [7, 11) is 1.83. The fourth-order valence-corrected chi connectivity index (χ4v) is 2.62. The number of rotatable bonds is 1. The van der Waals surface area contributed by atoms with Gasteiger partial charge in [-0.3, -0.25) is 4.79 Å². The number of hydrogen-bond donors (Lipinski definition) is 0. The van der Waals surface area contributed by atoms with Gasteiger partial charge in [-0.05, 0) is 24.1 Å². The lowest BCUT2D eigenvalue weighted by molar-refractivity contribution is 0.894. The van der Waals surface area contributed by atoms with E-state index < -0.39 is 0 Å². The lowest BCUT2D eigenvalue weighted by atomic mass is 9.97.